The highest BCUT2D eigenvalue weighted by molar-refractivity contribution is 6.30. The van der Waals surface area contributed by atoms with Crippen molar-refractivity contribution in [2.45, 2.75) is 31.7 Å². The molecule has 7 nitrogen and oxygen atoms in total. The number of fused-ring (bicyclic) bond motifs is 1. The second-order valence-electron chi connectivity index (χ2n) is 9.53. The molecule has 3 amide bonds. The van der Waals surface area contributed by atoms with Crippen LogP contribution >= 0.6 is 11.6 Å². The molecule has 180 valence electrons. The third kappa shape index (κ3) is 4.65. The lowest BCUT2D eigenvalue weighted by atomic mass is 9.90. The molecule has 2 aromatic rings. The van der Waals surface area contributed by atoms with Crippen LogP contribution in [-0.2, 0) is 23.2 Å². The molecule has 2 aromatic carbocycles. The highest BCUT2D eigenvalue weighted by atomic mass is 35.5. The SMILES string of the molecule is C[C@]1(c2ccc3c(c2)CCC3)NC(=O)N(CN2CCN(CCOc3ccc(Cl)cc3)CC2)C1=O. The summed E-state index contributed by atoms with van der Waals surface area (Å²) in [4.78, 5) is 32.0. The first kappa shape index (κ1) is 23.1. The zero-order valence-corrected chi connectivity index (χ0v) is 20.3. The van der Waals surface area contributed by atoms with Gasteiger partial charge in [0.05, 0.1) is 6.67 Å². The summed E-state index contributed by atoms with van der Waals surface area (Å²) in [6.45, 7) is 6.92. The molecule has 0 radical (unpaired) electrons. The van der Waals surface area contributed by atoms with Crippen molar-refractivity contribution >= 4 is 23.5 Å². The van der Waals surface area contributed by atoms with Gasteiger partial charge in [-0.2, -0.15) is 0 Å². The number of carbonyl (C=O) groups excluding carboxylic acids is 2. The van der Waals surface area contributed by atoms with E-state index in [0.29, 0.717) is 18.3 Å². The zero-order valence-electron chi connectivity index (χ0n) is 19.6. The number of piperazine rings is 1. The molecular formula is C26H31ClN4O3. The fourth-order valence-electron chi connectivity index (χ4n) is 5.08. The summed E-state index contributed by atoms with van der Waals surface area (Å²) in [5.41, 5.74) is 2.53. The van der Waals surface area contributed by atoms with Crippen molar-refractivity contribution in [3.8, 4) is 5.75 Å². The van der Waals surface area contributed by atoms with E-state index < -0.39 is 5.54 Å². The smallest absolute Gasteiger partial charge is 0.326 e. The number of hydrogen-bond acceptors (Lipinski definition) is 5. The molecule has 0 spiro atoms. The zero-order chi connectivity index (χ0) is 23.7. The average molecular weight is 483 g/mol. The van der Waals surface area contributed by atoms with Crippen molar-refractivity contribution in [1.29, 1.82) is 0 Å². The lowest BCUT2D eigenvalue weighted by Gasteiger charge is -2.36. The molecule has 2 saturated heterocycles. The van der Waals surface area contributed by atoms with Crippen LogP contribution in [-0.4, -0.2) is 72.6 Å². The van der Waals surface area contributed by atoms with Crippen molar-refractivity contribution in [3.05, 3.63) is 64.2 Å². The maximum Gasteiger partial charge on any atom is 0.326 e. The van der Waals surface area contributed by atoms with Crippen LogP contribution in [0.1, 0.15) is 30.0 Å². The molecule has 2 aliphatic heterocycles. The van der Waals surface area contributed by atoms with Gasteiger partial charge in [0.1, 0.15) is 17.9 Å². The summed E-state index contributed by atoms with van der Waals surface area (Å²) < 4.78 is 5.80. The first-order chi connectivity index (χ1) is 16.4. The molecule has 0 unspecified atom stereocenters. The Labute approximate surface area is 205 Å². The van der Waals surface area contributed by atoms with Gasteiger partial charge in [-0.15, -0.1) is 0 Å². The van der Waals surface area contributed by atoms with E-state index >= 15 is 0 Å². The van der Waals surface area contributed by atoms with E-state index in [9.17, 15) is 9.59 Å². The van der Waals surface area contributed by atoms with E-state index in [1.165, 1.54) is 16.0 Å². The van der Waals surface area contributed by atoms with E-state index in [1.54, 1.807) is 0 Å². The number of imide groups is 1. The Kier molecular flexibility index (Phi) is 6.51. The first-order valence-corrected chi connectivity index (χ1v) is 12.4. The minimum absolute atomic E-state index is 0.172. The van der Waals surface area contributed by atoms with Crippen LogP contribution in [0.4, 0.5) is 4.79 Å². The monoisotopic (exact) mass is 482 g/mol. The number of nitrogens with one attached hydrogen (secondary N) is 1. The van der Waals surface area contributed by atoms with Gasteiger partial charge < -0.3 is 10.1 Å². The summed E-state index contributed by atoms with van der Waals surface area (Å²) >= 11 is 5.91. The van der Waals surface area contributed by atoms with Gasteiger partial charge in [0, 0.05) is 37.7 Å². The van der Waals surface area contributed by atoms with Gasteiger partial charge in [0.25, 0.3) is 5.91 Å². The minimum Gasteiger partial charge on any atom is -0.492 e. The Hall–Kier alpha value is -2.61. The number of nitrogens with zero attached hydrogens (tertiary/aromatic N) is 3. The molecule has 34 heavy (non-hydrogen) atoms. The van der Waals surface area contributed by atoms with E-state index in [1.807, 2.05) is 37.3 Å². The molecule has 3 aliphatic rings. The van der Waals surface area contributed by atoms with Crippen LogP contribution < -0.4 is 10.1 Å². The number of benzene rings is 2. The molecule has 0 aromatic heterocycles. The Morgan fingerprint density at radius 3 is 2.44 bits per heavy atom. The molecule has 2 heterocycles. The summed E-state index contributed by atoms with van der Waals surface area (Å²) in [5.74, 6) is 0.641. The van der Waals surface area contributed by atoms with Crippen molar-refractivity contribution in [2.75, 3.05) is 46.0 Å². The van der Waals surface area contributed by atoms with Crippen LogP contribution in [0.5, 0.6) is 5.75 Å². The predicted molar refractivity (Wildman–Crippen MR) is 131 cm³/mol. The highest BCUT2D eigenvalue weighted by Crippen LogP contribution is 2.32. The molecule has 1 N–H and O–H groups in total. The lowest BCUT2D eigenvalue weighted by molar-refractivity contribution is -0.132. The van der Waals surface area contributed by atoms with Crippen molar-refractivity contribution in [3.63, 3.8) is 0 Å². The number of amides is 3. The fraction of sp³-hybridized carbons (Fsp3) is 0.462. The third-order valence-corrected chi connectivity index (χ3v) is 7.50. The maximum atomic E-state index is 13.4. The van der Waals surface area contributed by atoms with E-state index in [4.69, 9.17) is 16.3 Å². The lowest BCUT2D eigenvalue weighted by Crippen LogP contribution is -2.52. The summed E-state index contributed by atoms with van der Waals surface area (Å²) in [7, 11) is 0. The van der Waals surface area contributed by atoms with Crippen molar-refractivity contribution in [2.24, 2.45) is 0 Å². The van der Waals surface area contributed by atoms with Gasteiger partial charge in [-0.25, -0.2) is 9.69 Å². The maximum absolute atomic E-state index is 13.4. The van der Waals surface area contributed by atoms with Crippen molar-refractivity contribution < 1.29 is 14.3 Å². The molecule has 8 heteroatoms. The highest BCUT2D eigenvalue weighted by Gasteiger charge is 2.49. The molecule has 0 saturated carbocycles. The Bertz CT molecular complexity index is 1070. The normalized spacial score (nSPS) is 23.3. The van der Waals surface area contributed by atoms with Gasteiger partial charge in [-0.1, -0.05) is 29.8 Å². The van der Waals surface area contributed by atoms with E-state index in [0.717, 1.165) is 63.3 Å². The van der Waals surface area contributed by atoms with Crippen LogP contribution in [0.2, 0.25) is 5.02 Å². The first-order valence-electron chi connectivity index (χ1n) is 12.0. The molecule has 2 fully saturated rings. The van der Waals surface area contributed by atoms with Gasteiger partial charge in [0.2, 0.25) is 0 Å². The number of urea groups is 1. The van der Waals surface area contributed by atoms with Gasteiger partial charge in [-0.3, -0.25) is 14.6 Å². The quantitative estimate of drug-likeness (QED) is 0.614. The molecular weight excluding hydrogens is 452 g/mol. The fourth-order valence-corrected chi connectivity index (χ4v) is 5.21. The van der Waals surface area contributed by atoms with Gasteiger partial charge >= 0.3 is 6.03 Å². The third-order valence-electron chi connectivity index (χ3n) is 7.25. The van der Waals surface area contributed by atoms with E-state index in [-0.39, 0.29) is 11.9 Å². The minimum atomic E-state index is -1.00. The Morgan fingerprint density at radius 2 is 1.68 bits per heavy atom. The molecule has 1 aliphatic carbocycles. The largest absolute Gasteiger partial charge is 0.492 e. The van der Waals surface area contributed by atoms with Crippen LogP contribution in [0, 0.1) is 0 Å². The summed E-state index contributed by atoms with van der Waals surface area (Å²) in [6.07, 6.45) is 3.29. The summed E-state index contributed by atoms with van der Waals surface area (Å²) in [5, 5.41) is 3.65. The van der Waals surface area contributed by atoms with Crippen LogP contribution in [0.3, 0.4) is 0 Å². The molecule has 1 atom stereocenters. The summed E-state index contributed by atoms with van der Waals surface area (Å²) in [6, 6.07) is 13.3. The molecule has 5 rings (SSSR count). The Morgan fingerprint density at radius 1 is 0.971 bits per heavy atom. The number of aryl methyl sites for hydroxylation is 2. The molecule has 0 bridgehead atoms. The Balaban J connectivity index is 1.12. The van der Waals surface area contributed by atoms with Gasteiger partial charge in [0.15, 0.2) is 0 Å². The van der Waals surface area contributed by atoms with Crippen LogP contribution in [0.15, 0.2) is 42.5 Å². The van der Waals surface area contributed by atoms with E-state index in [2.05, 4.69) is 27.2 Å². The number of hydrogen-bond donors (Lipinski definition) is 1. The number of ether oxygens (including phenoxy) is 1. The van der Waals surface area contributed by atoms with Gasteiger partial charge in [-0.05, 0) is 67.1 Å². The number of carbonyl (C=O) groups is 2. The topological polar surface area (TPSA) is 65.1 Å². The average Bonchev–Trinajstić information content (AvgIpc) is 3.39. The van der Waals surface area contributed by atoms with Crippen molar-refractivity contribution in [1.82, 2.24) is 20.0 Å². The van der Waals surface area contributed by atoms with Crippen LogP contribution in [0.25, 0.3) is 0 Å². The number of rotatable bonds is 7. The number of halogens is 1. The second kappa shape index (κ2) is 9.56. The predicted octanol–water partition coefficient (Wildman–Crippen LogP) is 3.25. The second-order valence-corrected chi connectivity index (χ2v) is 9.97. The standard InChI is InChI=1S/C26H31ClN4O3/c1-26(21-6-5-19-3-2-4-20(19)17-21)24(32)31(25(33)28-26)18-30-13-11-29(12-14-30)15-16-34-23-9-7-22(27)8-10-23/h5-10,17H,2-4,11-16,18H2,1H3,(H,28,33)/t26-/m1/s1.